The van der Waals surface area contributed by atoms with Gasteiger partial charge in [0.2, 0.25) is 0 Å². The third kappa shape index (κ3) is 4.82. The molecule has 2 heterocycles. The van der Waals surface area contributed by atoms with Gasteiger partial charge in [0.25, 0.3) is 0 Å². The Labute approximate surface area is 182 Å². The van der Waals surface area contributed by atoms with Crippen LogP contribution in [0.3, 0.4) is 0 Å². The Hall–Kier alpha value is -3.48. The van der Waals surface area contributed by atoms with E-state index in [1.807, 2.05) is 46.0 Å². The smallest absolute Gasteiger partial charge is 0.317 e. The first kappa shape index (κ1) is 20.8. The molecule has 1 N–H and O–H groups in total. The average molecular weight is 421 g/mol. The van der Waals surface area contributed by atoms with Crippen molar-refractivity contribution in [3.05, 3.63) is 65.9 Å². The lowest BCUT2D eigenvalue weighted by Crippen LogP contribution is -2.40. The SMILES string of the molecule is COc1ccc(-c2cc3n(n2)CCCN(C(=O)NCCc2ccccc2)C3)cc1OC. The second-order valence-electron chi connectivity index (χ2n) is 7.56. The summed E-state index contributed by atoms with van der Waals surface area (Å²) in [6, 6.07) is 18.0. The highest BCUT2D eigenvalue weighted by atomic mass is 16.5. The number of amides is 2. The van der Waals surface area contributed by atoms with Crippen LogP contribution in [0.15, 0.2) is 54.6 Å². The molecule has 0 bridgehead atoms. The summed E-state index contributed by atoms with van der Waals surface area (Å²) >= 11 is 0. The van der Waals surface area contributed by atoms with E-state index in [0.29, 0.717) is 31.1 Å². The van der Waals surface area contributed by atoms with Gasteiger partial charge in [0.05, 0.1) is 32.2 Å². The van der Waals surface area contributed by atoms with E-state index in [4.69, 9.17) is 14.6 Å². The van der Waals surface area contributed by atoms with Crippen molar-refractivity contribution < 1.29 is 14.3 Å². The average Bonchev–Trinajstić information content (AvgIpc) is 3.10. The van der Waals surface area contributed by atoms with Crippen molar-refractivity contribution in [1.29, 1.82) is 0 Å². The number of rotatable bonds is 6. The van der Waals surface area contributed by atoms with E-state index in [-0.39, 0.29) is 6.03 Å². The lowest BCUT2D eigenvalue weighted by atomic mass is 10.1. The van der Waals surface area contributed by atoms with Crippen LogP contribution < -0.4 is 14.8 Å². The quantitative estimate of drug-likeness (QED) is 0.660. The Morgan fingerprint density at radius 1 is 1.03 bits per heavy atom. The predicted octanol–water partition coefficient (Wildman–Crippen LogP) is 3.73. The van der Waals surface area contributed by atoms with Crippen molar-refractivity contribution in [2.24, 2.45) is 0 Å². The second-order valence-corrected chi connectivity index (χ2v) is 7.56. The van der Waals surface area contributed by atoms with Gasteiger partial charge in [-0.2, -0.15) is 5.10 Å². The lowest BCUT2D eigenvalue weighted by Gasteiger charge is -2.20. The first-order valence-corrected chi connectivity index (χ1v) is 10.5. The molecule has 0 spiro atoms. The molecule has 0 saturated carbocycles. The number of ether oxygens (including phenoxy) is 2. The van der Waals surface area contributed by atoms with Crippen LogP contribution in [0.25, 0.3) is 11.3 Å². The van der Waals surface area contributed by atoms with E-state index >= 15 is 0 Å². The summed E-state index contributed by atoms with van der Waals surface area (Å²) in [6.45, 7) is 2.66. The Bertz CT molecular complexity index is 1030. The minimum absolute atomic E-state index is 0.0294. The molecule has 162 valence electrons. The summed E-state index contributed by atoms with van der Waals surface area (Å²) in [5, 5.41) is 7.82. The van der Waals surface area contributed by atoms with Gasteiger partial charge >= 0.3 is 6.03 Å². The molecule has 0 atom stereocenters. The van der Waals surface area contributed by atoms with Crippen LogP contribution in [0, 0.1) is 0 Å². The van der Waals surface area contributed by atoms with Gasteiger partial charge in [-0.1, -0.05) is 30.3 Å². The molecule has 2 amide bonds. The Balaban J connectivity index is 1.43. The molecule has 0 fully saturated rings. The Morgan fingerprint density at radius 3 is 2.61 bits per heavy atom. The third-order valence-electron chi connectivity index (χ3n) is 5.51. The number of nitrogens with one attached hydrogen (secondary N) is 1. The van der Waals surface area contributed by atoms with E-state index in [1.54, 1.807) is 14.2 Å². The molecule has 0 aliphatic carbocycles. The highest BCUT2D eigenvalue weighted by Crippen LogP contribution is 2.32. The van der Waals surface area contributed by atoms with Crippen LogP contribution >= 0.6 is 0 Å². The van der Waals surface area contributed by atoms with E-state index in [9.17, 15) is 4.79 Å². The molecule has 31 heavy (non-hydrogen) atoms. The first-order valence-electron chi connectivity index (χ1n) is 10.5. The van der Waals surface area contributed by atoms with Crippen molar-refractivity contribution in [3.63, 3.8) is 0 Å². The van der Waals surface area contributed by atoms with E-state index in [2.05, 4.69) is 23.5 Å². The molecular formula is C24H28N4O3. The number of urea groups is 1. The third-order valence-corrected chi connectivity index (χ3v) is 5.51. The molecule has 4 rings (SSSR count). The molecule has 1 aliphatic rings. The van der Waals surface area contributed by atoms with Gasteiger partial charge in [-0.05, 0) is 42.7 Å². The van der Waals surface area contributed by atoms with Crippen LogP contribution in [0.5, 0.6) is 11.5 Å². The zero-order chi connectivity index (χ0) is 21.6. The van der Waals surface area contributed by atoms with Gasteiger partial charge in [-0.25, -0.2) is 4.79 Å². The van der Waals surface area contributed by atoms with Crippen LogP contribution in [-0.4, -0.2) is 48.0 Å². The largest absolute Gasteiger partial charge is 0.493 e. The summed E-state index contributed by atoms with van der Waals surface area (Å²) in [6.07, 6.45) is 1.69. The second kappa shape index (κ2) is 9.55. The number of hydrogen-bond donors (Lipinski definition) is 1. The molecule has 0 unspecified atom stereocenters. The van der Waals surface area contributed by atoms with Crippen LogP contribution in [-0.2, 0) is 19.5 Å². The maximum atomic E-state index is 12.7. The monoisotopic (exact) mass is 420 g/mol. The molecule has 1 aliphatic heterocycles. The predicted molar refractivity (Wildman–Crippen MR) is 119 cm³/mol. The van der Waals surface area contributed by atoms with E-state index in [1.165, 1.54) is 5.56 Å². The minimum Gasteiger partial charge on any atom is -0.493 e. The van der Waals surface area contributed by atoms with Gasteiger partial charge < -0.3 is 19.7 Å². The maximum Gasteiger partial charge on any atom is 0.317 e. The number of aromatic nitrogens is 2. The summed E-state index contributed by atoms with van der Waals surface area (Å²) in [5.41, 5.74) is 4.07. The molecule has 0 radical (unpaired) electrons. The van der Waals surface area contributed by atoms with Crippen LogP contribution in [0.2, 0.25) is 0 Å². The first-order chi connectivity index (χ1) is 15.2. The van der Waals surface area contributed by atoms with Crippen LogP contribution in [0.1, 0.15) is 17.7 Å². The number of carbonyl (C=O) groups is 1. The zero-order valence-electron chi connectivity index (χ0n) is 18.0. The zero-order valence-corrected chi connectivity index (χ0v) is 18.0. The van der Waals surface area contributed by atoms with Crippen molar-refractivity contribution in [3.8, 4) is 22.8 Å². The van der Waals surface area contributed by atoms with Crippen molar-refractivity contribution in [2.75, 3.05) is 27.3 Å². The minimum atomic E-state index is -0.0294. The van der Waals surface area contributed by atoms with E-state index in [0.717, 1.165) is 36.3 Å². The molecule has 7 heteroatoms. The lowest BCUT2D eigenvalue weighted by molar-refractivity contribution is 0.196. The van der Waals surface area contributed by atoms with Gasteiger partial charge in [-0.3, -0.25) is 4.68 Å². The molecule has 0 saturated heterocycles. The number of hydrogen-bond acceptors (Lipinski definition) is 4. The maximum absolute atomic E-state index is 12.7. The number of fused-ring (bicyclic) bond motifs is 1. The summed E-state index contributed by atoms with van der Waals surface area (Å²) in [7, 11) is 3.24. The summed E-state index contributed by atoms with van der Waals surface area (Å²) in [4.78, 5) is 14.6. The topological polar surface area (TPSA) is 68.6 Å². The van der Waals surface area contributed by atoms with Crippen molar-refractivity contribution in [1.82, 2.24) is 20.0 Å². The number of nitrogens with zero attached hydrogens (tertiary/aromatic N) is 3. The van der Waals surface area contributed by atoms with Crippen molar-refractivity contribution >= 4 is 6.03 Å². The number of methoxy groups -OCH3 is 2. The summed E-state index contributed by atoms with van der Waals surface area (Å²) < 4.78 is 12.7. The normalized spacial score (nSPS) is 13.3. The Kier molecular flexibility index (Phi) is 6.40. The highest BCUT2D eigenvalue weighted by Gasteiger charge is 2.21. The number of aryl methyl sites for hydroxylation is 1. The fourth-order valence-corrected chi connectivity index (χ4v) is 3.84. The summed E-state index contributed by atoms with van der Waals surface area (Å²) in [5.74, 6) is 1.35. The van der Waals surface area contributed by atoms with Gasteiger partial charge in [0, 0.05) is 25.2 Å². The number of benzene rings is 2. The van der Waals surface area contributed by atoms with Gasteiger partial charge in [-0.15, -0.1) is 0 Å². The molecule has 1 aromatic heterocycles. The molecule has 3 aromatic rings. The molecule has 7 nitrogen and oxygen atoms in total. The van der Waals surface area contributed by atoms with E-state index < -0.39 is 0 Å². The highest BCUT2D eigenvalue weighted by molar-refractivity contribution is 5.74. The van der Waals surface area contributed by atoms with Gasteiger partial charge in [0.1, 0.15) is 0 Å². The molecular weight excluding hydrogens is 392 g/mol. The number of carbonyl (C=O) groups excluding carboxylic acids is 1. The fourth-order valence-electron chi connectivity index (χ4n) is 3.84. The van der Waals surface area contributed by atoms with Crippen molar-refractivity contribution in [2.45, 2.75) is 25.9 Å². The van der Waals surface area contributed by atoms with Gasteiger partial charge in [0.15, 0.2) is 11.5 Å². The Morgan fingerprint density at radius 2 is 1.84 bits per heavy atom. The molecule has 2 aromatic carbocycles. The standard InChI is InChI=1S/C24H28N4O3/c1-30-22-10-9-19(15-23(22)31-2)21-16-20-17-27(13-6-14-28(20)26-21)24(29)25-12-11-18-7-4-3-5-8-18/h3-5,7-10,15-16H,6,11-14,17H2,1-2H3,(H,25,29). The van der Waals surface area contributed by atoms with Crippen LogP contribution in [0.4, 0.5) is 4.79 Å². The fraction of sp³-hybridized carbons (Fsp3) is 0.333.